The molecule has 2 heterocycles. The van der Waals surface area contributed by atoms with Gasteiger partial charge in [0.05, 0.1) is 17.3 Å². The van der Waals surface area contributed by atoms with Gasteiger partial charge in [0.25, 0.3) is 5.91 Å². The number of aromatic nitrogens is 2. The summed E-state index contributed by atoms with van der Waals surface area (Å²) in [6.45, 7) is 5.21. The molecule has 38 heavy (non-hydrogen) atoms. The standard InChI is InChI=1S/C28H30N6O3S/c1-18(2)26(29)38-27(30)19-7-9-23(10-8-19)37-24-14-20(28(36)32-15-22-11-12-31-17-33-22)5-6-21(24)16-34-13-3-4-25(34)35/h5-12,14,17-18,29-30H,3-4,13,15-16H2,1-2H3,(H,32,36). The number of hydrogen-bond donors (Lipinski definition) is 3. The molecular weight excluding hydrogens is 500 g/mol. The highest BCUT2D eigenvalue weighted by Gasteiger charge is 2.22. The van der Waals surface area contributed by atoms with Gasteiger partial charge >= 0.3 is 0 Å². The fourth-order valence-electron chi connectivity index (χ4n) is 3.78. The van der Waals surface area contributed by atoms with Gasteiger partial charge in [-0.2, -0.15) is 0 Å². The summed E-state index contributed by atoms with van der Waals surface area (Å²) < 4.78 is 6.20. The Kier molecular flexibility index (Phi) is 8.85. The molecule has 2 amide bonds. The van der Waals surface area contributed by atoms with E-state index in [1.165, 1.54) is 6.33 Å². The molecule has 1 aromatic heterocycles. The average molecular weight is 531 g/mol. The minimum atomic E-state index is -0.273. The van der Waals surface area contributed by atoms with Crippen molar-refractivity contribution in [2.24, 2.45) is 5.92 Å². The predicted octanol–water partition coefficient (Wildman–Crippen LogP) is 5.01. The lowest BCUT2D eigenvalue weighted by atomic mass is 10.1. The summed E-state index contributed by atoms with van der Waals surface area (Å²) in [6, 6.07) is 14.0. The average Bonchev–Trinajstić information content (AvgIpc) is 3.33. The number of thioether (sulfide) groups is 1. The molecule has 0 aliphatic carbocycles. The number of ether oxygens (including phenoxy) is 1. The summed E-state index contributed by atoms with van der Waals surface area (Å²) in [4.78, 5) is 34.9. The molecule has 10 heteroatoms. The fourth-order valence-corrected chi connectivity index (χ4v) is 4.49. The SMILES string of the molecule is CC(C)C(=N)SC(=N)c1ccc(Oc2cc(C(=O)NCc3ccncn3)ccc2CN2CCCC2=O)cc1. The monoisotopic (exact) mass is 530 g/mol. The van der Waals surface area contributed by atoms with Crippen LogP contribution < -0.4 is 10.1 Å². The Bertz CT molecular complexity index is 1330. The number of carbonyl (C=O) groups excluding carboxylic acids is 2. The second-order valence-electron chi connectivity index (χ2n) is 9.20. The van der Waals surface area contributed by atoms with Crippen LogP contribution in [0, 0.1) is 16.7 Å². The minimum absolute atomic E-state index is 0.0642. The molecule has 0 spiro atoms. The highest BCUT2D eigenvalue weighted by Crippen LogP contribution is 2.30. The van der Waals surface area contributed by atoms with Gasteiger partial charge in [0.2, 0.25) is 5.91 Å². The summed E-state index contributed by atoms with van der Waals surface area (Å²) in [5.74, 6) is 0.922. The molecule has 0 radical (unpaired) electrons. The summed E-state index contributed by atoms with van der Waals surface area (Å²) in [5.41, 5.74) is 2.60. The van der Waals surface area contributed by atoms with Gasteiger partial charge in [-0.25, -0.2) is 9.97 Å². The van der Waals surface area contributed by atoms with Gasteiger partial charge in [-0.1, -0.05) is 31.7 Å². The van der Waals surface area contributed by atoms with E-state index in [0.717, 1.165) is 23.7 Å². The van der Waals surface area contributed by atoms with Crippen molar-refractivity contribution in [3.8, 4) is 11.5 Å². The maximum atomic E-state index is 12.9. The second-order valence-corrected chi connectivity index (χ2v) is 10.3. The Morgan fingerprint density at radius 3 is 2.55 bits per heavy atom. The molecule has 2 aromatic carbocycles. The number of amides is 2. The van der Waals surface area contributed by atoms with E-state index in [1.54, 1.807) is 53.6 Å². The van der Waals surface area contributed by atoms with Crippen LogP contribution in [0.2, 0.25) is 0 Å². The van der Waals surface area contributed by atoms with Gasteiger partial charge in [-0.15, -0.1) is 0 Å². The Hall–Kier alpha value is -4.05. The van der Waals surface area contributed by atoms with Gasteiger partial charge in [0, 0.05) is 48.3 Å². The van der Waals surface area contributed by atoms with Crippen LogP contribution in [0.5, 0.6) is 11.5 Å². The number of rotatable bonds is 9. The number of benzene rings is 2. The van der Waals surface area contributed by atoms with Crippen molar-refractivity contribution in [2.75, 3.05) is 6.54 Å². The second kappa shape index (κ2) is 12.5. The number of nitrogens with zero attached hydrogens (tertiary/aromatic N) is 3. The topological polar surface area (TPSA) is 132 Å². The smallest absolute Gasteiger partial charge is 0.251 e. The largest absolute Gasteiger partial charge is 0.457 e. The summed E-state index contributed by atoms with van der Waals surface area (Å²) in [7, 11) is 0. The first-order chi connectivity index (χ1) is 18.3. The van der Waals surface area contributed by atoms with Crippen LogP contribution in [0.3, 0.4) is 0 Å². The van der Waals surface area contributed by atoms with Crippen molar-refractivity contribution >= 4 is 33.7 Å². The van der Waals surface area contributed by atoms with Crippen LogP contribution >= 0.6 is 11.8 Å². The van der Waals surface area contributed by atoms with Crippen molar-refractivity contribution in [1.82, 2.24) is 20.2 Å². The lowest BCUT2D eigenvalue weighted by molar-refractivity contribution is -0.128. The highest BCUT2D eigenvalue weighted by atomic mass is 32.2. The third-order valence-electron chi connectivity index (χ3n) is 6.02. The molecule has 196 valence electrons. The quantitative estimate of drug-likeness (QED) is 0.263. The molecule has 4 rings (SSSR count). The van der Waals surface area contributed by atoms with Crippen molar-refractivity contribution in [3.63, 3.8) is 0 Å². The van der Waals surface area contributed by atoms with Crippen LogP contribution in [-0.4, -0.2) is 43.3 Å². The van der Waals surface area contributed by atoms with Crippen molar-refractivity contribution in [3.05, 3.63) is 83.4 Å². The molecule has 0 atom stereocenters. The maximum absolute atomic E-state index is 12.9. The van der Waals surface area contributed by atoms with Crippen molar-refractivity contribution in [2.45, 2.75) is 39.8 Å². The molecule has 3 N–H and O–H groups in total. The van der Waals surface area contributed by atoms with Crippen LogP contribution in [0.1, 0.15) is 53.9 Å². The molecule has 1 aliphatic heterocycles. The summed E-state index contributed by atoms with van der Waals surface area (Å²) >= 11 is 1.14. The van der Waals surface area contributed by atoms with E-state index in [9.17, 15) is 9.59 Å². The third-order valence-corrected chi connectivity index (χ3v) is 7.15. The van der Waals surface area contributed by atoms with E-state index in [-0.39, 0.29) is 24.3 Å². The first-order valence-corrected chi connectivity index (χ1v) is 13.2. The summed E-state index contributed by atoms with van der Waals surface area (Å²) in [5, 5.41) is 19.9. The molecule has 0 bridgehead atoms. The van der Waals surface area contributed by atoms with Crippen LogP contribution in [0.4, 0.5) is 0 Å². The Labute approximate surface area is 226 Å². The highest BCUT2D eigenvalue weighted by molar-refractivity contribution is 8.26. The zero-order valence-electron chi connectivity index (χ0n) is 21.4. The number of carbonyl (C=O) groups is 2. The zero-order valence-corrected chi connectivity index (χ0v) is 22.2. The lowest BCUT2D eigenvalue weighted by Crippen LogP contribution is -2.25. The van der Waals surface area contributed by atoms with E-state index in [0.29, 0.717) is 57.9 Å². The normalized spacial score (nSPS) is 13.0. The molecule has 1 saturated heterocycles. The Balaban J connectivity index is 1.52. The van der Waals surface area contributed by atoms with Gasteiger partial charge in [0.15, 0.2) is 0 Å². The maximum Gasteiger partial charge on any atom is 0.251 e. The van der Waals surface area contributed by atoms with E-state index >= 15 is 0 Å². The number of likely N-dealkylation sites (tertiary alicyclic amines) is 1. The van der Waals surface area contributed by atoms with Gasteiger partial charge in [0.1, 0.15) is 22.9 Å². The fraction of sp³-hybridized carbons (Fsp3) is 0.286. The first kappa shape index (κ1) is 27.0. The summed E-state index contributed by atoms with van der Waals surface area (Å²) in [6.07, 6.45) is 4.42. The number of nitrogens with one attached hydrogen (secondary N) is 3. The Morgan fingerprint density at radius 1 is 1.13 bits per heavy atom. The zero-order chi connectivity index (χ0) is 27.1. The molecule has 1 aliphatic rings. The minimum Gasteiger partial charge on any atom is -0.457 e. The third kappa shape index (κ3) is 7.04. The predicted molar refractivity (Wildman–Crippen MR) is 148 cm³/mol. The molecular formula is C28H30N6O3S. The molecule has 0 unspecified atom stereocenters. The lowest BCUT2D eigenvalue weighted by Gasteiger charge is -2.19. The van der Waals surface area contributed by atoms with E-state index in [4.69, 9.17) is 15.6 Å². The van der Waals surface area contributed by atoms with E-state index in [2.05, 4.69) is 15.3 Å². The molecule has 3 aromatic rings. The van der Waals surface area contributed by atoms with Crippen LogP contribution in [0.15, 0.2) is 61.1 Å². The van der Waals surface area contributed by atoms with Crippen LogP contribution in [0.25, 0.3) is 0 Å². The molecule has 9 nitrogen and oxygen atoms in total. The van der Waals surface area contributed by atoms with Gasteiger partial charge < -0.3 is 15.0 Å². The number of hydrogen-bond acceptors (Lipinski definition) is 8. The molecule has 1 fully saturated rings. The van der Waals surface area contributed by atoms with E-state index < -0.39 is 0 Å². The Morgan fingerprint density at radius 2 is 1.89 bits per heavy atom. The van der Waals surface area contributed by atoms with Gasteiger partial charge in [-0.05, 0) is 48.9 Å². The van der Waals surface area contributed by atoms with Crippen molar-refractivity contribution in [1.29, 1.82) is 10.8 Å². The van der Waals surface area contributed by atoms with Gasteiger partial charge in [-0.3, -0.25) is 20.4 Å². The first-order valence-electron chi connectivity index (χ1n) is 12.4. The van der Waals surface area contributed by atoms with Crippen LogP contribution in [-0.2, 0) is 17.9 Å². The van der Waals surface area contributed by atoms with Crippen molar-refractivity contribution < 1.29 is 14.3 Å². The molecule has 0 saturated carbocycles. The van der Waals surface area contributed by atoms with E-state index in [1.807, 2.05) is 19.9 Å².